The summed E-state index contributed by atoms with van der Waals surface area (Å²) in [7, 11) is 1.57. The van der Waals surface area contributed by atoms with E-state index in [9.17, 15) is 10.1 Å². The summed E-state index contributed by atoms with van der Waals surface area (Å²) < 4.78 is 0. The van der Waals surface area contributed by atoms with Crippen LogP contribution in [0, 0.1) is 10.1 Å². The van der Waals surface area contributed by atoms with E-state index in [0.717, 1.165) is 6.20 Å². The maximum Gasteiger partial charge on any atom is 0.289 e. The Kier molecular flexibility index (Phi) is 3.96. The zero-order chi connectivity index (χ0) is 12.1. The minimum absolute atomic E-state index is 0.158. The van der Waals surface area contributed by atoms with Gasteiger partial charge in [-0.2, -0.15) is 0 Å². The highest BCUT2D eigenvalue weighted by atomic mass is 35.5. The first-order chi connectivity index (χ1) is 7.60. The fourth-order valence-electron chi connectivity index (χ4n) is 1.06. The van der Waals surface area contributed by atoms with Crippen molar-refractivity contribution in [1.29, 1.82) is 0 Å². The molecular weight excluding hydrogens is 232 g/mol. The van der Waals surface area contributed by atoms with E-state index in [1.165, 1.54) is 18.5 Å². The third-order valence-electron chi connectivity index (χ3n) is 1.76. The molecule has 0 aliphatic rings. The topological polar surface area (TPSA) is 94.4 Å². The average molecular weight is 241 g/mol. The smallest absolute Gasteiger partial charge is 0.289 e. The molecule has 0 unspecified atom stereocenters. The van der Waals surface area contributed by atoms with Crippen LogP contribution in [0.25, 0.3) is 5.57 Å². The number of nitrogens with zero attached hydrogens (tertiary/aromatic N) is 3. The SMILES string of the molecule is CN=C/C(=C\N)c1ncc([N+](=O)[O-])cc1Cl. The van der Waals surface area contributed by atoms with Gasteiger partial charge in [-0.3, -0.25) is 15.1 Å². The van der Waals surface area contributed by atoms with Gasteiger partial charge in [0, 0.05) is 31.1 Å². The second-order valence-corrected chi connectivity index (χ2v) is 3.20. The Labute approximate surface area is 96.6 Å². The van der Waals surface area contributed by atoms with Gasteiger partial charge >= 0.3 is 0 Å². The predicted octanol–water partition coefficient (Wildman–Crippen LogP) is 1.64. The summed E-state index contributed by atoms with van der Waals surface area (Å²) in [4.78, 5) is 17.6. The third-order valence-corrected chi connectivity index (χ3v) is 2.05. The molecule has 1 aromatic rings. The molecule has 16 heavy (non-hydrogen) atoms. The Morgan fingerprint density at radius 3 is 2.88 bits per heavy atom. The van der Waals surface area contributed by atoms with Gasteiger partial charge in [0.1, 0.15) is 6.20 Å². The van der Waals surface area contributed by atoms with E-state index >= 15 is 0 Å². The number of hydrogen-bond acceptors (Lipinski definition) is 5. The molecule has 0 bridgehead atoms. The molecule has 0 radical (unpaired) electrons. The Hall–Kier alpha value is -1.95. The lowest BCUT2D eigenvalue weighted by atomic mass is 10.2. The molecule has 0 fully saturated rings. The largest absolute Gasteiger partial charge is 0.404 e. The van der Waals surface area contributed by atoms with Crippen molar-refractivity contribution in [2.45, 2.75) is 0 Å². The van der Waals surface area contributed by atoms with E-state index in [4.69, 9.17) is 17.3 Å². The van der Waals surface area contributed by atoms with Gasteiger partial charge < -0.3 is 5.73 Å². The van der Waals surface area contributed by atoms with Crippen LogP contribution in [0.1, 0.15) is 5.69 Å². The molecule has 84 valence electrons. The first-order valence-corrected chi connectivity index (χ1v) is 4.62. The van der Waals surface area contributed by atoms with Crippen LogP contribution in [0.5, 0.6) is 0 Å². The summed E-state index contributed by atoms with van der Waals surface area (Å²) in [6.45, 7) is 0. The average Bonchev–Trinajstić information content (AvgIpc) is 2.26. The van der Waals surface area contributed by atoms with Gasteiger partial charge in [0.2, 0.25) is 0 Å². The summed E-state index contributed by atoms with van der Waals surface area (Å²) in [6, 6.07) is 1.22. The Bertz CT molecular complexity index is 471. The van der Waals surface area contributed by atoms with E-state index in [-0.39, 0.29) is 10.7 Å². The summed E-state index contributed by atoms with van der Waals surface area (Å²) in [5.41, 5.74) is 6.07. The van der Waals surface area contributed by atoms with Gasteiger partial charge in [0.15, 0.2) is 0 Å². The molecule has 0 aliphatic carbocycles. The van der Waals surface area contributed by atoms with Crippen LogP contribution in [0.2, 0.25) is 5.02 Å². The van der Waals surface area contributed by atoms with E-state index in [1.807, 2.05) is 0 Å². The zero-order valence-corrected chi connectivity index (χ0v) is 9.18. The quantitative estimate of drug-likeness (QED) is 0.494. The summed E-state index contributed by atoms with van der Waals surface area (Å²) in [5.74, 6) is 0. The normalized spacial score (nSPS) is 12.0. The minimum atomic E-state index is -0.567. The molecule has 0 amide bonds. The van der Waals surface area contributed by atoms with E-state index in [0.29, 0.717) is 11.3 Å². The fraction of sp³-hybridized carbons (Fsp3) is 0.111. The molecule has 7 heteroatoms. The number of hydrogen-bond donors (Lipinski definition) is 1. The van der Waals surface area contributed by atoms with Crippen LogP contribution in [-0.4, -0.2) is 23.2 Å². The number of aliphatic imine (C=N–C) groups is 1. The van der Waals surface area contributed by atoms with E-state index < -0.39 is 4.92 Å². The predicted molar refractivity (Wildman–Crippen MR) is 62.5 cm³/mol. The van der Waals surface area contributed by atoms with Crippen LogP contribution < -0.4 is 5.73 Å². The van der Waals surface area contributed by atoms with Crippen molar-refractivity contribution in [2.75, 3.05) is 7.05 Å². The van der Waals surface area contributed by atoms with E-state index in [2.05, 4.69) is 9.98 Å². The first kappa shape index (κ1) is 12.1. The van der Waals surface area contributed by atoms with Gasteiger partial charge in [0.05, 0.1) is 15.6 Å². The summed E-state index contributed by atoms with van der Waals surface area (Å²) in [6.07, 6.45) is 3.88. The van der Waals surface area contributed by atoms with Crippen LogP contribution in [0.15, 0.2) is 23.5 Å². The monoisotopic (exact) mass is 240 g/mol. The van der Waals surface area contributed by atoms with Crippen molar-refractivity contribution >= 4 is 29.1 Å². The van der Waals surface area contributed by atoms with Gasteiger partial charge in [-0.1, -0.05) is 11.6 Å². The Balaban J connectivity index is 3.22. The lowest BCUT2D eigenvalue weighted by Gasteiger charge is -2.02. The summed E-state index contributed by atoms with van der Waals surface area (Å²) in [5, 5.41) is 10.6. The maximum absolute atomic E-state index is 10.5. The van der Waals surface area contributed by atoms with Crippen molar-refractivity contribution in [3.05, 3.63) is 39.3 Å². The van der Waals surface area contributed by atoms with Crippen LogP contribution in [-0.2, 0) is 0 Å². The van der Waals surface area contributed by atoms with Crippen molar-refractivity contribution in [3.8, 4) is 0 Å². The lowest BCUT2D eigenvalue weighted by Crippen LogP contribution is -1.97. The van der Waals surface area contributed by atoms with Crippen molar-refractivity contribution < 1.29 is 4.92 Å². The second kappa shape index (κ2) is 5.22. The Morgan fingerprint density at radius 2 is 2.44 bits per heavy atom. The number of aromatic nitrogens is 1. The van der Waals surface area contributed by atoms with Crippen LogP contribution in [0.4, 0.5) is 5.69 Å². The number of nitro groups is 1. The highest BCUT2D eigenvalue weighted by Gasteiger charge is 2.12. The zero-order valence-electron chi connectivity index (χ0n) is 8.42. The van der Waals surface area contributed by atoms with Crippen molar-refractivity contribution in [1.82, 2.24) is 4.98 Å². The molecule has 1 rings (SSSR count). The molecule has 0 spiro atoms. The van der Waals surface area contributed by atoms with Gasteiger partial charge in [-0.05, 0) is 0 Å². The highest BCUT2D eigenvalue weighted by molar-refractivity contribution is 6.33. The molecule has 0 aromatic carbocycles. The minimum Gasteiger partial charge on any atom is -0.404 e. The number of nitrogens with two attached hydrogens (primary N) is 1. The molecule has 6 nitrogen and oxygen atoms in total. The maximum atomic E-state index is 10.5. The second-order valence-electron chi connectivity index (χ2n) is 2.79. The summed E-state index contributed by atoms with van der Waals surface area (Å²) >= 11 is 5.86. The molecule has 0 atom stereocenters. The fourth-order valence-corrected chi connectivity index (χ4v) is 1.33. The number of pyridine rings is 1. The third kappa shape index (κ3) is 2.54. The highest BCUT2D eigenvalue weighted by Crippen LogP contribution is 2.24. The first-order valence-electron chi connectivity index (χ1n) is 4.24. The molecule has 0 saturated heterocycles. The molecule has 1 heterocycles. The Morgan fingerprint density at radius 1 is 1.75 bits per heavy atom. The molecule has 0 aliphatic heterocycles. The van der Waals surface area contributed by atoms with E-state index in [1.54, 1.807) is 7.05 Å². The number of allylic oxidation sites excluding steroid dienone is 1. The van der Waals surface area contributed by atoms with Gasteiger partial charge in [0.25, 0.3) is 5.69 Å². The molecule has 0 saturated carbocycles. The molecular formula is C9H9ClN4O2. The van der Waals surface area contributed by atoms with Crippen LogP contribution in [0.3, 0.4) is 0 Å². The lowest BCUT2D eigenvalue weighted by molar-refractivity contribution is -0.385. The standard InChI is InChI=1S/C9H9ClN4O2/c1-12-4-6(3-11)9-8(10)2-7(5-13-9)14(15)16/h2-5H,11H2,1H3/b6-3+,12-4?. The van der Waals surface area contributed by atoms with Crippen LogP contribution >= 0.6 is 11.6 Å². The number of halogens is 1. The molecule has 1 aromatic heterocycles. The van der Waals surface area contributed by atoms with Crippen molar-refractivity contribution in [3.63, 3.8) is 0 Å². The van der Waals surface area contributed by atoms with Crippen molar-refractivity contribution in [2.24, 2.45) is 10.7 Å². The number of rotatable bonds is 3. The van der Waals surface area contributed by atoms with Gasteiger partial charge in [-0.15, -0.1) is 0 Å². The molecule has 2 N–H and O–H groups in total. The van der Waals surface area contributed by atoms with Gasteiger partial charge in [-0.25, -0.2) is 4.98 Å².